The second kappa shape index (κ2) is 6.97. The van der Waals surface area contributed by atoms with Crippen LogP contribution in [0.25, 0.3) is 16.7 Å². The highest BCUT2D eigenvalue weighted by atomic mass is 35.5. The van der Waals surface area contributed by atoms with E-state index in [2.05, 4.69) is 15.1 Å². The SMILES string of the molecule is Cc1ccccc1-n1ncc2c(=O)[nH]c(SCc3ccccc3Cl)nc21. The summed E-state index contributed by atoms with van der Waals surface area (Å²) in [6.07, 6.45) is 1.55. The zero-order chi connectivity index (χ0) is 18.1. The van der Waals surface area contributed by atoms with Gasteiger partial charge in [-0.15, -0.1) is 0 Å². The van der Waals surface area contributed by atoms with Crippen LogP contribution in [0.4, 0.5) is 0 Å². The Morgan fingerprint density at radius 3 is 2.73 bits per heavy atom. The van der Waals surface area contributed by atoms with E-state index in [1.165, 1.54) is 11.8 Å². The van der Waals surface area contributed by atoms with Crippen molar-refractivity contribution >= 4 is 34.4 Å². The quantitative estimate of drug-likeness (QED) is 0.420. The molecule has 4 aromatic rings. The van der Waals surface area contributed by atoms with Crippen LogP contribution in [0.1, 0.15) is 11.1 Å². The number of benzene rings is 2. The van der Waals surface area contributed by atoms with Crippen LogP contribution in [0.3, 0.4) is 0 Å². The number of para-hydroxylation sites is 1. The molecule has 4 rings (SSSR count). The van der Waals surface area contributed by atoms with Crippen LogP contribution >= 0.6 is 23.4 Å². The van der Waals surface area contributed by atoms with Crippen molar-refractivity contribution in [2.75, 3.05) is 0 Å². The van der Waals surface area contributed by atoms with E-state index in [0.29, 0.717) is 27.0 Å². The van der Waals surface area contributed by atoms with Crippen LogP contribution < -0.4 is 5.56 Å². The Balaban J connectivity index is 1.74. The molecule has 0 saturated heterocycles. The molecule has 2 aromatic heterocycles. The van der Waals surface area contributed by atoms with Gasteiger partial charge in [0.05, 0.1) is 11.9 Å². The lowest BCUT2D eigenvalue weighted by Crippen LogP contribution is -2.10. The van der Waals surface area contributed by atoms with Crippen LogP contribution in [-0.4, -0.2) is 19.7 Å². The summed E-state index contributed by atoms with van der Waals surface area (Å²) >= 11 is 7.64. The number of hydrogen-bond donors (Lipinski definition) is 1. The van der Waals surface area contributed by atoms with Crippen LogP contribution in [0.15, 0.2) is 64.7 Å². The highest BCUT2D eigenvalue weighted by molar-refractivity contribution is 7.98. The van der Waals surface area contributed by atoms with Gasteiger partial charge in [-0.05, 0) is 30.2 Å². The fourth-order valence-electron chi connectivity index (χ4n) is 2.71. The van der Waals surface area contributed by atoms with Gasteiger partial charge in [0.1, 0.15) is 5.39 Å². The summed E-state index contributed by atoms with van der Waals surface area (Å²) in [7, 11) is 0. The van der Waals surface area contributed by atoms with E-state index in [-0.39, 0.29) is 5.56 Å². The maximum Gasteiger partial charge on any atom is 0.262 e. The Bertz CT molecular complexity index is 1150. The van der Waals surface area contributed by atoms with E-state index in [0.717, 1.165) is 16.8 Å². The zero-order valence-corrected chi connectivity index (χ0v) is 15.5. The van der Waals surface area contributed by atoms with Crippen LogP contribution in [-0.2, 0) is 5.75 Å². The Hall–Kier alpha value is -2.57. The maximum atomic E-state index is 12.4. The lowest BCUT2D eigenvalue weighted by Gasteiger charge is -2.07. The molecule has 0 atom stereocenters. The highest BCUT2D eigenvalue weighted by Gasteiger charge is 2.13. The molecule has 130 valence electrons. The van der Waals surface area contributed by atoms with E-state index in [4.69, 9.17) is 11.6 Å². The van der Waals surface area contributed by atoms with Gasteiger partial charge in [-0.2, -0.15) is 5.10 Å². The van der Waals surface area contributed by atoms with Gasteiger partial charge < -0.3 is 4.98 Å². The van der Waals surface area contributed by atoms with Gasteiger partial charge in [0.25, 0.3) is 5.56 Å². The van der Waals surface area contributed by atoms with Gasteiger partial charge in [0, 0.05) is 10.8 Å². The molecule has 0 fully saturated rings. The molecule has 0 aliphatic rings. The number of nitrogens with zero attached hydrogens (tertiary/aromatic N) is 3. The predicted octanol–water partition coefficient (Wildman–Crippen LogP) is 4.36. The Morgan fingerprint density at radius 1 is 1.15 bits per heavy atom. The number of rotatable bonds is 4. The van der Waals surface area contributed by atoms with Crippen molar-refractivity contribution in [3.05, 3.63) is 81.2 Å². The lowest BCUT2D eigenvalue weighted by molar-refractivity contribution is 0.867. The van der Waals surface area contributed by atoms with Crippen LogP contribution in [0.5, 0.6) is 0 Å². The molecule has 0 amide bonds. The van der Waals surface area contributed by atoms with Crippen molar-refractivity contribution < 1.29 is 0 Å². The first-order valence-corrected chi connectivity index (χ1v) is 9.40. The number of hydrogen-bond acceptors (Lipinski definition) is 4. The normalized spacial score (nSPS) is 11.2. The molecule has 26 heavy (non-hydrogen) atoms. The average Bonchev–Trinajstić information content (AvgIpc) is 3.06. The number of halogens is 1. The van der Waals surface area contributed by atoms with E-state index < -0.39 is 0 Å². The molecule has 1 N–H and O–H groups in total. The highest BCUT2D eigenvalue weighted by Crippen LogP contribution is 2.25. The number of H-pyrrole nitrogens is 1. The van der Waals surface area contributed by atoms with E-state index in [1.807, 2.05) is 55.5 Å². The van der Waals surface area contributed by atoms with Gasteiger partial charge in [0.2, 0.25) is 0 Å². The van der Waals surface area contributed by atoms with Gasteiger partial charge >= 0.3 is 0 Å². The minimum absolute atomic E-state index is 0.198. The summed E-state index contributed by atoms with van der Waals surface area (Å²) in [5, 5.41) is 6.07. The number of nitrogens with one attached hydrogen (secondary N) is 1. The van der Waals surface area contributed by atoms with Crippen LogP contribution in [0.2, 0.25) is 5.02 Å². The number of fused-ring (bicyclic) bond motifs is 1. The molecule has 0 aliphatic heterocycles. The first kappa shape index (κ1) is 16.9. The summed E-state index contributed by atoms with van der Waals surface area (Å²) in [5.41, 5.74) is 3.31. The van der Waals surface area contributed by atoms with Crippen molar-refractivity contribution in [3.63, 3.8) is 0 Å². The predicted molar refractivity (Wildman–Crippen MR) is 105 cm³/mol. The minimum Gasteiger partial charge on any atom is -0.301 e. The van der Waals surface area contributed by atoms with E-state index >= 15 is 0 Å². The average molecular weight is 383 g/mol. The van der Waals surface area contributed by atoms with Crippen LogP contribution in [0, 0.1) is 6.92 Å². The van der Waals surface area contributed by atoms with Crippen molar-refractivity contribution in [1.82, 2.24) is 19.7 Å². The van der Waals surface area contributed by atoms with E-state index in [9.17, 15) is 4.79 Å². The number of thioether (sulfide) groups is 1. The molecule has 0 radical (unpaired) electrons. The Morgan fingerprint density at radius 2 is 1.92 bits per heavy atom. The monoisotopic (exact) mass is 382 g/mol. The Labute approximate surface area is 159 Å². The van der Waals surface area contributed by atoms with Gasteiger partial charge in [-0.25, -0.2) is 9.67 Å². The topological polar surface area (TPSA) is 63.6 Å². The van der Waals surface area contributed by atoms with Crippen molar-refractivity contribution in [1.29, 1.82) is 0 Å². The first-order chi connectivity index (χ1) is 12.6. The zero-order valence-electron chi connectivity index (χ0n) is 13.9. The summed E-state index contributed by atoms with van der Waals surface area (Å²) < 4.78 is 1.71. The standard InChI is InChI=1S/C19H15ClN4OS/c1-12-6-2-5-9-16(12)24-17-14(10-21-24)18(25)23-19(22-17)26-11-13-7-3-4-8-15(13)20/h2-10H,11H2,1H3,(H,22,23,25). The summed E-state index contributed by atoms with van der Waals surface area (Å²) in [6, 6.07) is 15.5. The number of aromatic nitrogens is 4. The van der Waals surface area contributed by atoms with Crippen molar-refractivity contribution in [3.8, 4) is 5.69 Å². The molecular weight excluding hydrogens is 368 g/mol. The molecule has 0 bridgehead atoms. The Kier molecular flexibility index (Phi) is 4.53. The smallest absolute Gasteiger partial charge is 0.262 e. The third kappa shape index (κ3) is 3.13. The van der Waals surface area contributed by atoms with E-state index in [1.54, 1.807) is 10.9 Å². The second-order valence-corrected chi connectivity index (χ2v) is 7.20. The largest absolute Gasteiger partial charge is 0.301 e. The molecule has 2 heterocycles. The van der Waals surface area contributed by atoms with Gasteiger partial charge in [-0.1, -0.05) is 59.8 Å². The third-order valence-corrected chi connectivity index (χ3v) is 5.37. The molecule has 0 spiro atoms. The summed E-state index contributed by atoms with van der Waals surface area (Å²) in [5.74, 6) is 0.618. The third-order valence-electron chi connectivity index (χ3n) is 4.08. The maximum absolute atomic E-state index is 12.4. The fourth-order valence-corrected chi connectivity index (χ4v) is 3.85. The van der Waals surface area contributed by atoms with Crippen molar-refractivity contribution in [2.24, 2.45) is 0 Å². The first-order valence-electron chi connectivity index (χ1n) is 8.04. The van der Waals surface area contributed by atoms with Crippen molar-refractivity contribution in [2.45, 2.75) is 17.8 Å². The molecular formula is C19H15ClN4OS. The molecule has 5 nitrogen and oxygen atoms in total. The second-order valence-electron chi connectivity index (χ2n) is 5.83. The number of aryl methyl sites for hydroxylation is 1. The van der Waals surface area contributed by atoms with Gasteiger partial charge in [-0.3, -0.25) is 4.79 Å². The minimum atomic E-state index is -0.198. The lowest BCUT2D eigenvalue weighted by atomic mass is 10.2. The fraction of sp³-hybridized carbons (Fsp3) is 0.105. The molecule has 2 aromatic carbocycles. The molecule has 0 aliphatic carbocycles. The summed E-state index contributed by atoms with van der Waals surface area (Å²) in [4.78, 5) is 19.9. The number of aromatic amines is 1. The van der Waals surface area contributed by atoms with Gasteiger partial charge in [0.15, 0.2) is 10.8 Å². The molecule has 0 unspecified atom stereocenters. The molecule has 7 heteroatoms. The summed E-state index contributed by atoms with van der Waals surface area (Å²) in [6.45, 7) is 2.00. The molecule has 0 saturated carbocycles.